The molecule has 98 valence electrons. The number of aryl methyl sites for hydroxylation is 2. The smallest absolute Gasteiger partial charge is 0.138 e. The van der Waals surface area contributed by atoms with Gasteiger partial charge >= 0.3 is 0 Å². The molecular formula is C12H19N5S. The summed E-state index contributed by atoms with van der Waals surface area (Å²) in [5, 5.41) is 10.9. The summed E-state index contributed by atoms with van der Waals surface area (Å²) in [4.78, 5) is 8.89. The van der Waals surface area contributed by atoms with Crippen molar-refractivity contribution < 1.29 is 0 Å². The Kier molecular flexibility index (Phi) is 4.43. The SMILES string of the molecule is CCNC(Cc1ncnn1CC)c1csc(C)n1. The lowest BCUT2D eigenvalue weighted by Crippen LogP contribution is -2.24. The molecule has 0 fully saturated rings. The van der Waals surface area contributed by atoms with E-state index in [1.54, 1.807) is 17.7 Å². The molecule has 1 N–H and O–H groups in total. The molecule has 0 aliphatic carbocycles. The lowest BCUT2D eigenvalue weighted by atomic mass is 10.1. The van der Waals surface area contributed by atoms with Crippen LogP contribution in [0.2, 0.25) is 0 Å². The van der Waals surface area contributed by atoms with Gasteiger partial charge in [-0.1, -0.05) is 6.92 Å². The van der Waals surface area contributed by atoms with Gasteiger partial charge in [0.05, 0.1) is 16.7 Å². The van der Waals surface area contributed by atoms with E-state index in [4.69, 9.17) is 0 Å². The summed E-state index contributed by atoms with van der Waals surface area (Å²) in [7, 11) is 0. The van der Waals surface area contributed by atoms with Crippen LogP contribution in [0.4, 0.5) is 0 Å². The number of aromatic nitrogens is 4. The molecule has 0 aliphatic heterocycles. The van der Waals surface area contributed by atoms with E-state index >= 15 is 0 Å². The molecule has 1 atom stereocenters. The summed E-state index contributed by atoms with van der Waals surface area (Å²) >= 11 is 1.69. The van der Waals surface area contributed by atoms with E-state index in [-0.39, 0.29) is 6.04 Å². The molecule has 0 aromatic carbocycles. The van der Waals surface area contributed by atoms with Crippen LogP contribution in [0.1, 0.15) is 36.4 Å². The number of nitrogens with one attached hydrogen (secondary N) is 1. The van der Waals surface area contributed by atoms with Crippen LogP contribution in [0.5, 0.6) is 0 Å². The molecule has 0 amide bonds. The fraction of sp³-hybridized carbons (Fsp3) is 0.583. The van der Waals surface area contributed by atoms with Gasteiger partial charge in [0.25, 0.3) is 0 Å². The van der Waals surface area contributed by atoms with Crippen molar-refractivity contribution in [2.24, 2.45) is 0 Å². The van der Waals surface area contributed by atoms with Crippen LogP contribution >= 0.6 is 11.3 Å². The van der Waals surface area contributed by atoms with E-state index in [2.05, 4.69) is 39.6 Å². The molecule has 1 unspecified atom stereocenters. The van der Waals surface area contributed by atoms with Crippen LogP contribution in [0, 0.1) is 6.92 Å². The minimum absolute atomic E-state index is 0.217. The summed E-state index contributed by atoms with van der Waals surface area (Å²) in [6.07, 6.45) is 2.44. The molecule has 2 aromatic heterocycles. The average Bonchev–Trinajstić information content (AvgIpc) is 2.97. The normalized spacial score (nSPS) is 12.8. The molecular weight excluding hydrogens is 246 g/mol. The summed E-state index contributed by atoms with van der Waals surface area (Å²) in [5.41, 5.74) is 1.10. The topological polar surface area (TPSA) is 55.6 Å². The first-order valence-electron chi connectivity index (χ1n) is 6.26. The van der Waals surface area contributed by atoms with Crippen LogP contribution in [0.15, 0.2) is 11.7 Å². The molecule has 6 heteroatoms. The van der Waals surface area contributed by atoms with Gasteiger partial charge in [0.2, 0.25) is 0 Å². The van der Waals surface area contributed by atoms with Crippen molar-refractivity contribution in [3.63, 3.8) is 0 Å². The second-order valence-electron chi connectivity index (χ2n) is 4.10. The van der Waals surface area contributed by atoms with Gasteiger partial charge in [-0.05, 0) is 20.4 Å². The minimum Gasteiger partial charge on any atom is -0.309 e. The van der Waals surface area contributed by atoms with Crippen molar-refractivity contribution in [2.75, 3.05) is 6.54 Å². The third-order valence-corrected chi connectivity index (χ3v) is 3.62. The second-order valence-corrected chi connectivity index (χ2v) is 5.16. The Labute approximate surface area is 111 Å². The van der Waals surface area contributed by atoms with Crippen molar-refractivity contribution in [3.8, 4) is 0 Å². The predicted octanol–water partition coefficient (Wildman–Crippen LogP) is 1.96. The molecule has 2 aromatic rings. The van der Waals surface area contributed by atoms with E-state index in [0.29, 0.717) is 0 Å². The highest BCUT2D eigenvalue weighted by atomic mass is 32.1. The maximum Gasteiger partial charge on any atom is 0.138 e. The Morgan fingerprint density at radius 1 is 1.44 bits per heavy atom. The van der Waals surface area contributed by atoms with E-state index in [0.717, 1.165) is 36.0 Å². The molecule has 0 spiro atoms. The number of likely N-dealkylation sites (N-methyl/N-ethyl adjacent to an activating group) is 1. The highest BCUT2D eigenvalue weighted by molar-refractivity contribution is 7.09. The monoisotopic (exact) mass is 265 g/mol. The van der Waals surface area contributed by atoms with Crippen molar-refractivity contribution in [1.29, 1.82) is 0 Å². The molecule has 0 radical (unpaired) electrons. The maximum absolute atomic E-state index is 4.56. The minimum atomic E-state index is 0.217. The van der Waals surface area contributed by atoms with Crippen LogP contribution in [0.25, 0.3) is 0 Å². The maximum atomic E-state index is 4.56. The highest BCUT2D eigenvalue weighted by Crippen LogP contribution is 2.19. The third-order valence-electron chi connectivity index (χ3n) is 2.83. The van der Waals surface area contributed by atoms with Crippen LogP contribution in [-0.4, -0.2) is 26.3 Å². The summed E-state index contributed by atoms with van der Waals surface area (Å²) in [5.74, 6) is 1.01. The van der Waals surface area contributed by atoms with Crippen molar-refractivity contribution >= 4 is 11.3 Å². The zero-order chi connectivity index (χ0) is 13.0. The van der Waals surface area contributed by atoms with Gasteiger partial charge in [0.1, 0.15) is 12.2 Å². The van der Waals surface area contributed by atoms with Gasteiger partial charge in [-0.2, -0.15) is 5.10 Å². The first-order valence-corrected chi connectivity index (χ1v) is 7.14. The van der Waals surface area contributed by atoms with Gasteiger partial charge in [0.15, 0.2) is 0 Å². The fourth-order valence-corrected chi connectivity index (χ4v) is 2.63. The summed E-state index contributed by atoms with van der Waals surface area (Å²) in [6.45, 7) is 7.99. The zero-order valence-corrected chi connectivity index (χ0v) is 11.9. The Bertz CT molecular complexity index is 490. The number of thiazole rings is 1. The molecule has 0 aliphatic rings. The van der Waals surface area contributed by atoms with E-state index in [9.17, 15) is 0 Å². The summed E-state index contributed by atoms with van der Waals surface area (Å²) in [6, 6.07) is 0.217. The molecule has 0 saturated carbocycles. The third kappa shape index (κ3) is 2.94. The number of nitrogens with zero attached hydrogens (tertiary/aromatic N) is 4. The molecule has 18 heavy (non-hydrogen) atoms. The Morgan fingerprint density at radius 3 is 2.89 bits per heavy atom. The van der Waals surface area contributed by atoms with Gasteiger partial charge < -0.3 is 5.32 Å². The Hall–Kier alpha value is -1.27. The molecule has 2 rings (SSSR count). The summed E-state index contributed by atoms with van der Waals surface area (Å²) < 4.78 is 1.93. The van der Waals surface area contributed by atoms with Gasteiger partial charge in [0, 0.05) is 18.3 Å². The number of hydrogen-bond acceptors (Lipinski definition) is 5. The number of hydrogen-bond donors (Lipinski definition) is 1. The van der Waals surface area contributed by atoms with E-state index in [1.807, 2.05) is 11.6 Å². The standard InChI is InChI=1S/C12H19N5S/c1-4-13-10(11-7-18-9(3)16-11)6-12-14-8-15-17(12)5-2/h7-8,10,13H,4-6H2,1-3H3. The lowest BCUT2D eigenvalue weighted by molar-refractivity contribution is 0.501. The first kappa shape index (κ1) is 13.2. The van der Waals surface area contributed by atoms with Crippen LogP contribution in [-0.2, 0) is 13.0 Å². The second kappa shape index (κ2) is 6.06. The van der Waals surface area contributed by atoms with Gasteiger partial charge in [-0.25, -0.2) is 9.97 Å². The van der Waals surface area contributed by atoms with E-state index in [1.165, 1.54) is 0 Å². The van der Waals surface area contributed by atoms with Crippen LogP contribution in [0.3, 0.4) is 0 Å². The quantitative estimate of drug-likeness (QED) is 0.867. The predicted molar refractivity (Wildman–Crippen MR) is 72.7 cm³/mol. The zero-order valence-electron chi connectivity index (χ0n) is 11.1. The Morgan fingerprint density at radius 2 is 2.28 bits per heavy atom. The highest BCUT2D eigenvalue weighted by Gasteiger charge is 2.17. The molecule has 0 bridgehead atoms. The molecule has 0 saturated heterocycles. The molecule has 5 nitrogen and oxygen atoms in total. The van der Waals surface area contributed by atoms with Crippen molar-refractivity contribution in [3.05, 3.63) is 28.2 Å². The van der Waals surface area contributed by atoms with Crippen molar-refractivity contribution in [1.82, 2.24) is 25.1 Å². The fourth-order valence-electron chi connectivity index (χ4n) is 1.96. The van der Waals surface area contributed by atoms with Crippen molar-refractivity contribution in [2.45, 2.75) is 39.8 Å². The number of rotatable bonds is 6. The molecule has 2 heterocycles. The largest absolute Gasteiger partial charge is 0.309 e. The van der Waals surface area contributed by atoms with E-state index < -0.39 is 0 Å². The average molecular weight is 265 g/mol. The first-order chi connectivity index (χ1) is 8.74. The Balaban J connectivity index is 2.16. The van der Waals surface area contributed by atoms with Crippen LogP contribution < -0.4 is 5.32 Å². The van der Waals surface area contributed by atoms with Gasteiger partial charge in [-0.3, -0.25) is 4.68 Å². The lowest BCUT2D eigenvalue weighted by Gasteiger charge is -2.15. The van der Waals surface area contributed by atoms with Gasteiger partial charge in [-0.15, -0.1) is 11.3 Å².